The van der Waals surface area contributed by atoms with E-state index < -0.39 is 17.6 Å². The number of ether oxygens (including phenoxy) is 1. The average Bonchev–Trinajstić information content (AvgIpc) is 2.66. The van der Waals surface area contributed by atoms with Crippen LogP contribution in [0.4, 0.5) is 8.78 Å². The number of hydrogen-bond donors (Lipinski definition) is 1. The zero-order valence-corrected chi connectivity index (χ0v) is 16.5. The van der Waals surface area contributed by atoms with Crippen molar-refractivity contribution in [2.45, 2.75) is 13.3 Å². The summed E-state index contributed by atoms with van der Waals surface area (Å²) in [7, 11) is 0. The summed E-state index contributed by atoms with van der Waals surface area (Å²) < 4.78 is 35.3. The molecule has 4 nitrogen and oxygen atoms in total. The van der Waals surface area contributed by atoms with Gasteiger partial charge in [0.25, 0.3) is 0 Å². The summed E-state index contributed by atoms with van der Waals surface area (Å²) in [5.41, 5.74) is 0.703. The minimum atomic E-state index is -1.19. The van der Waals surface area contributed by atoms with Gasteiger partial charge in [0.15, 0.2) is 0 Å². The lowest BCUT2D eigenvalue weighted by Gasteiger charge is -2.11. The van der Waals surface area contributed by atoms with Crippen LogP contribution in [0.15, 0.2) is 53.1 Å². The molecule has 1 aromatic heterocycles. The van der Waals surface area contributed by atoms with Crippen LogP contribution in [0.5, 0.6) is 5.75 Å². The van der Waals surface area contributed by atoms with Crippen molar-refractivity contribution in [1.29, 1.82) is 0 Å². The number of carboxylic acid groups (broad SMARTS) is 1. The number of halogens is 3. The Kier molecular flexibility index (Phi) is 6.04. The van der Waals surface area contributed by atoms with Crippen LogP contribution >= 0.6 is 15.9 Å². The molecule has 0 aliphatic carbocycles. The Bertz CT molecular complexity index is 1040. The molecule has 0 bridgehead atoms. The topological polar surface area (TPSA) is 59.4 Å². The summed E-state index contributed by atoms with van der Waals surface area (Å²) in [5.74, 6) is -1.87. The number of aromatic carboxylic acids is 1. The fourth-order valence-electron chi connectivity index (χ4n) is 2.84. The second-order valence-electron chi connectivity index (χ2n) is 6.01. The maximum absolute atomic E-state index is 14.7. The van der Waals surface area contributed by atoms with Crippen molar-refractivity contribution in [3.63, 3.8) is 0 Å². The lowest BCUT2D eigenvalue weighted by Crippen LogP contribution is -2.07. The normalized spacial score (nSPS) is 10.7. The fourth-order valence-corrected chi connectivity index (χ4v) is 3.17. The first kappa shape index (κ1) is 19.9. The lowest BCUT2D eigenvalue weighted by atomic mass is 9.99. The van der Waals surface area contributed by atoms with Crippen molar-refractivity contribution in [3.05, 3.63) is 81.6 Å². The molecular formula is C21H16BrF2NO3. The molecule has 0 atom stereocenters. The molecule has 0 radical (unpaired) electrons. The van der Waals surface area contributed by atoms with E-state index in [9.17, 15) is 18.7 Å². The Morgan fingerprint density at radius 1 is 1.18 bits per heavy atom. The van der Waals surface area contributed by atoms with Crippen molar-refractivity contribution in [2.24, 2.45) is 0 Å². The largest absolute Gasteiger partial charge is 0.494 e. The van der Waals surface area contributed by atoms with Gasteiger partial charge >= 0.3 is 5.97 Å². The van der Waals surface area contributed by atoms with Gasteiger partial charge in [-0.25, -0.2) is 13.6 Å². The maximum Gasteiger partial charge on any atom is 0.337 e. The molecule has 28 heavy (non-hydrogen) atoms. The van der Waals surface area contributed by atoms with Gasteiger partial charge in [-0.2, -0.15) is 0 Å². The number of carboxylic acids is 1. The molecule has 0 saturated carbocycles. The first-order chi connectivity index (χ1) is 13.4. The van der Waals surface area contributed by atoms with Crippen LogP contribution in [0.2, 0.25) is 0 Å². The van der Waals surface area contributed by atoms with E-state index >= 15 is 0 Å². The Morgan fingerprint density at radius 3 is 2.68 bits per heavy atom. The average molecular weight is 448 g/mol. The second-order valence-corrected chi connectivity index (χ2v) is 6.93. The number of rotatable bonds is 6. The highest BCUT2D eigenvalue weighted by Crippen LogP contribution is 2.29. The fraction of sp³-hybridized carbons (Fsp3) is 0.143. The molecule has 1 heterocycles. The SMILES string of the molecule is CCOc1cccc(-c2cc(F)c(Cc3ncc(Br)cc3C(=O)O)cc2F)c1. The van der Waals surface area contributed by atoms with E-state index in [4.69, 9.17) is 4.74 Å². The minimum absolute atomic E-state index is 0.0273. The van der Waals surface area contributed by atoms with E-state index in [1.54, 1.807) is 24.3 Å². The van der Waals surface area contributed by atoms with E-state index in [2.05, 4.69) is 20.9 Å². The van der Waals surface area contributed by atoms with Crippen LogP contribution < -0.4 is 4.74 Å². The molecule has 7 heteroatoms. The minimum Gasteiger partial charge on any atom is -0.494 e. The first-order valence-electron chi connectivity index (χ1n) is 8.48. The van der Waals surface area contributed by atoms with Gasteiger partial charge in [0.05, 0.1) is 17.9 Å². The Morgan fingerprint density at radius 2 is 1.96 bits per heavy atom. The third-order valence-electron chi connectivity index (χ3n) is 4.12. The zero-order chi connectivity index (χ0) is 20.3. The summed E-state index contributed by atoms with van der Waals surface area (Å²) in [6.45, 7) is 2.30. The van der Waals surface area contributed by atoms with Crippen molar-refractivity contribution in [3.8, 4) is 16.9 Å². The Labute approximate surface area is 168 Å². The predicted molar refractivity (Wildman–Crippen MR) is 105 cm³/mol. The van der Waals surface area contributed by atoms with Crippen LogP contribution in [0.25, 0.3) is 11.1 Å². The number of aromatic nitrogens is 1. The van der Waals surface area contributed by atoms with Gasteiger partial charge in [-0.15, -0.1) is 0 Å². The zero-order valence-electron chi connectivity index (χ0n) is 14.9. The van der Waals surface area contributed by atoms with Crippen LogP contribution in [0.3, 0.4) is 0 Å². The van der Waals surface area contributed by atoms with E-state index in [0.29, 0.717) is 22.4 Å². The van der Waals surface area contributed by atoms with Crippen LogP contribution in [-0.2, 0) is 6.42 Å². The van der Waals surface area contributed by atoms with Crippen molar-refractivity contribution in [1.82, 2.24) is 4.98 Å². The van der Waals surface area contributed by atoms with E-state index in [0.717, 1.165) is 12.1 Å². The van der Waals surface area contributed by atoms with Gasteiger partial charge in [-0.3, -0.25) is 4.98 Å². The number of benzene rings is 2. The molecule has 0 aliphatic heterocycles. The monoisotopic (exact) mass is 447 g/mol. The smallest absolute Gasteiger partial charge is 0.337 e. The molecule has 0 saturated heterocycles. The number of hydrogen-bond acceptors (Lipinski definition) is 3. The second kappa shape index (κ2) is 8.48. The van der Waals surface area contributed by atoms with Gasteiger partial charge in [0, 0.05) is 22.7 Å². The summed E-state index contributed by atoms with van der Waals surface area (Å²) in [4.78, 5) is 15.4. The summed E-state index contributed by atoms with van der Waals surface area (Å²) >= 11 is 3.16. The van der Waals surface area contributed by atoms with Gasteiger partial charge < -0.3 is 9.84 Å². The predicted octanol–water partition coefficient (Wildman–Crippen LogP) is 5.48. The molecule has 0 unspecified atom stereocenters. The quantitative estimate of drug-likeness (QED) is 0.543. The first-order valence-corrected chi connectivity index (χ1v) is 9.27. The van der Waals surface area contributed by atoms with E-state index in [1.807, 2.05) is 6.92 Å². The highest BCUT2D eigenvalue weighted by molar-refractivity contribution is 9.10. The van der Waals surface area contributed by atoms with Gasteiger partial charge in [-0.1, -0.05) is 12.1 Å². The van der Waals surface area contributed by atoms with E-state index in [-0.39, 0.29) is 28.8 Å². The molecule has 0 spiro atoms. The summed E-state index contributed by atoms with van der Waals surface area (Å²) in [6, 6.07) is 10.3. The molecular weight excluding hydrogens is 432 g/mol. The molecule has 1 N–H and O–H groups in total. The molecule has 144 valence electrons. The maximum atomic E-state index is 14.7. The molecule has 3 aromatic rings. The van der Waals surface area contributed by atoms with Gasteiger partial charge in [0.2, 0.25) is 0 Å². The van der Waals surface area contributed by atoms with Crippen molar-refractivity contribution >= 4 is 21.9 Å². The Balaban J connectivity index is 1.97. The van der Waals surface area contributed by atoms with Gasteiger partial charge in [-0.05, 0) is 64.3 Å². The Hall–Kier alpha value is -2.80. The van der Waals surface area contributed by atoms with Crippen molar-refractivity contribution in [2.75, 3.05) is 6.61 Å². The van der Waals surface area contributed by atoms with Gasteiger partial charge in [0.1, 0.15) is 17.4 Å². The van der Waals surface area contributed by atoms with Crippen LogP contribution in [-0.4, -0.2) is 22.7 Å². The molecule has 0 aliphatic rings. The third kappa shape index (κ3) is 4.36. The number of pyridine rings is 1. The number of carbonyl (C=O) groups is 1. The summed E-state index contributed by atoms with van der Waals surface area (Å²) in [5, 5.41) is 9.31. The molecule has 3 rings (SSSR count). The highest BCUT2D eigenvalue weighted by atomic mass is 79.9. The lowest BCUT2D eigenvalue weighted by molar-refractivity contribution is 0.0695. The standard InChI is InChI=1S/C21H16BrF2NO3/c1-2-28-15-5-3-4-12(6-15)16-10-18(23)13(7-19(16)24)8-20-17(21(26)27)9-14(22)11-25-20/h3-7,9-11H,2,8H2,1H3,(H,26,27). The summed E-state index contributed by atoms with van der Waals surface area (Å²) in [6.07, 6.45) is 1.28. The highest BCUT2D eigenvalue weighted by Gasteiger charge is 2.17. The van der Waals surface area contributed by atoms with E-state index in [1.165, 1.54) is 12.3 Å². The molecule has 0 amide bonds. The molecule has 0 fully saturated rings. The number of nitrogens with zero attached hydrogens (tertiary/aromatic N) is 1. The molecule has 2 aromatic carbocycles. The van der Waals surface area contributed by atoms with Crippen molar-refractivity contribution < 1.29 is 23.4 Å². The third-order valence-corrected chi connectivity index (χ3v) is 4.55. The van der Waals surface area contributed by atoms with Crippen LogP contribution in [0, 0.1) is 11.6 Å². The van der Waals surface area contributed by atoms with Crippen LogP contribution in [0.1, 0.15) is 28.5 Å².